The molecule has 5 nitrogen and oxygen atoms in total. The van der Waals surface area contributed by atoms with Crippen molar-refractivity contribution >= 4 is 59.7 Å². The molecule has 156 valence electrons. The van der Waals surface area contributed by atoms with Crippen molar-refractivity contribution in [2.75, 3.05) is 0 Å². The molecule has 0 atom stereocenters. The standard InChI is InChI=1S/C21H17Br2ClN2O3S/c1-14-2-8-18(9-3-14)30(27,28)26-25-12-16-10-19(22)21(20(23)11-16)29-13-15-4-6-17(24)7-5-15/h2-12,26H,13H2,1H3/b25-12-. The fraction of sp³-hybridized carbons (Fsp3) is 0.0952. The van der Waals surface area contributed by atoms with E-state index in [0.29, 0.717) is 31.9 Å². The Kier molecular flexibility index (Phi) is 7.57. The third kappa shape index (κ3) is 6.07. The minimum atomic E-state index is -3.72. The Bertz CT molecular complexity index is 1140. The first kappa shape index (κ1) is 22.8. The molecule has 0 saturated carbocycles. The summed E-state index contributed by atoms with van der Waals surface area (Å²) in [6, 6.07) is 17.5. The van der Waals surface area contributed by atoms with Gasteiger partial charge in [0, 0.05) is 5.02 Å². The lowest BCUT2D eigenvalue weighted by Gasteiger charge is -2.11. The zero-order chi connectivity index (χ0) is 21.7. The number of nitrogens with zero attached hydrogens (tertiary/aromatic N) is 1. The lowest BCUT2D eigenvalue weighted by molar-refractivity contribution is 0.302. The van der Waals surface area contributed by atoms with E-state index in [9.17, 15) is 8.42 Å². The molecule has 1 N–H and O–H groups in total. The van der Waals surface area contributed by atoms with Gasteiger partial charge in [0.25, 0.3) is 10.0 Å². The first-order valence-corrected chi connectivity index (χ1v) is 12.2. The van der Waals surface area contributed by atoms with Gasteiger partial charge in [0.1, 0.15) is 12.4 Å². The van der Waals surface area contributed by atoms with Gasteiger partial charge in [-0.3, -0.25) is 0 Å². The predicted octanol–water partition coefficient (Wildman–Crippen LogP) is 6.06. The van der Waals surface area contributed by atoms with Gasteiger partial charge < -0.3 is 4.74 Å². The first-order chi connectivity index (χ1) is 14.2. The fourth-order valence-electron chi connectivity index (χ4n) is 2.47. The molecular formula is C21H17Br2ClN2O3S. The van der Waals surface area contributed by atoms with Crippen LogP contribution in [0, 0.1) is 6.92 Å². The van der Waals surface area contributed by atoms with Crippen LogP contribution in [0.4, 0.5) is 0 Å². The summed E-state index contributed by atoms with van der Waals surface area (Å²) in [5.41, 5.74) is 2.64. The van der Waals surface area contributed by atoms with Gasteiger partial charge >= 0.3 is 0 Å². The highest BCUT2D eigenvalue weighted by Crippen LogP contribution is 2.35. The van der Waals surface area contributed by atoms with Crippen LogP contribution in [-0.4, -0.2) is 14.6 Å². The molecule has 9 heteroatoms. The highest BCUT2D eigenvalue weighted by molar-refractivity contribution is 9.11. The van der Waals surface area contributed by atoms with E-state index in [1.165, 1.54) is 18.3 Å². The van der Waals surface area contributed by atoms with Crippen molar-refractivity contribution in [1.82, 2.24) is 4.83 Å². The normalized spacial score (nSPS) is 11.6. The lowest BCUT2D eigenvalue weighted by atomic mass is 10.2. The smallest absolute Gasteiger partial charge is 0.276 e. The Morgan fingerprint density at radius 3 is 2.23 bits per heavy atom. The maximum Gasteiger partial charge on any atom is 0.276 e. The van der Waals surface area contributed by atoms with Crippen LogP contribution in [-0.2, 0) is 16.6 Å². The summed E-state index contributed by atoms with van der Waals surface area (Å²) in [5, 5.41) is 4.54. The Hall–Kier alpha value is -1.87. The molecular weight excluding hydrogens is 556 g/mol. The van der Waals surface area contributed by atoms with Crippen LogP contribution in [0.1, 0.15) is 16.7 Å². The van der Waals surface area contributed by atoms with Gasteiger partial charge in [-0.25, -0.2) is 4.83 Å². The number of aryl methyl sites for hydroxylation is 1. The summed E-state index contributed by atoms with van der Waals surface area (Å²) in [5.74, 6) is 0.627. The molecule has 30 heavy (non-hydrogen) atoms. The Morgan fingerprint density at radius 2 is 1.63 bits per heavy atom. The van der Waals surface area contributed by atoms with E-state index in [1.807, 2.05) is 31.2 Å². The molecule has 0 heterocycles. The third-order valence-corrected chi connectivity index (χ3v) is 6.70. The molecule has 0 fully saturated rings. The summed E-state index contributed by atoms with van der Waals surface area (Å²) in [6.07, 6.45) is 1.42. The van der Waals surface area contributed by atoms with E-state index in [4.69, 9.17) is 16.3 Å². The lowest BCUT2D eigenvalue weighted by Crippen LogP contribution is -2.18. The van der Waals surface area contributed by atoms with Crippen LogP contribution in [0.25, 0.3) is 0 Å². The zero-order valence-corrected chi connectivity index (χ0v) is 20.5. The van der Waals surface area contributed by atoms with Crippen LogP contribution in [0.2, 0.25) is 5.02 Å². The molecule has 0 radical (unpaired) electrons. The second kappa shape index (κ2) is 9.96. The molecule has 0 saturated heterocycles. The molecule has 0 spiro atoms. The first-order valence-electron chi connectivity index (χ1n) is 8.72. The number of nitrogens with one attached hydrogen (secondary N) is 1. The van der Waals surface area contributed by atoms with E-state index in [0.717, 1.165) is 11.1 Å². The average molecular weight is 573 g/mol. The maximum absolute atomic E-state index is 12.3. The van der Waals surface area contributed by atoms with E-state index in [2.05, 4.69) is 41.8 Å². The maximum atomic E-state index is 12.3. The van der Waals surface area contributed by atoms with Crippen LogP contribution >= 0.6 is 43.5 Å². The zero-order valence-electron chi connectivity index (χ0n) is 15.8. The van der Waals surface area contributed by atoms with Crippen molar-refractivity contribution in [3.63, 3.8) is 0 Å². The number of hydrogen-bond donors (Lipinski definition) is 1. The van der Waals surface area contributed by atoms with Gasteiger partial charge in [0.05, 0.1) is 20.1 Å². The number of hydrogen-bond acceptors (Lipinski definition) is 4. The van der Waals surface area contributed by atoms with Crippen LogP contribution in [0.3, 0.4) is 0 Å². The topological polar surface area (TPSA) is 67.8 Å². The second-order valence-corrected chi connectivity index (χ2v) is 10.2. The fourth-order valence-corrected chi connectivity index (χ4v) is 4.84. The molecule has 0 aromatic heterocycles. The summed E-state index contributed by atoms with van der Waals surface area (Å²) in [4.78, 5) is 2.37. The Morgan fingerprint density at radius 1 is 1.03 bits per heavy atom. The van der Waals surface area contributed by atoms with Gasteiger partial charge in [0.15, 0.2) is 0 Å². The molecule has 0 amide bonds. The number of sulfonamides is 1. The van der Waals surface area contributed by atoms with Crippen molar-refractivity contribution < 1.29 is 13.2 Å². The van der Waals surface area contributed by atoms with Crippen LogP contribution in [0.15, 0.2) is 79.6 Å². The number of halogens is 3. The highest BCUT2D eigenvalue weighted by Gasteiger charge is 2.12. The summed E-state index contributed by atoms with van der Waals surface area (Å²) in [7, 11) is -3.72. The van der Waals surface area contributed by atoms with Crippen molar-refractivity contribution in [2.45, 2.75) is 18.4 Å². The Balaban J connectivity index is 1.68. The molecule has 0 unspecified atom stereocenters. The summed E-state index contributed by atoms with van der Waals surface area (Å²) >= 11 is 12.9. The van der Waals surface area contributed by atoms with Crippen molar-refractivity contribution in [3.05, 3.63) is 91.3 Å². The average Bonchev–Trinajstić information content (AvgIpc) is 2.69. The monoisotopic (exact) mass is 570 g/mol. The minimum Gasteiger partial charge on any atom is -0.487 e. The second-order valence-electron chi connectivity index (χ2n) is 6.39. The largest absolute Gasteiger partial charge is 0.487 e. The van der Waals surface area contributed by atoms with Gasteiger partial charge in [-0.1, -0.05) is 41.4 Å². The summed E-state index contributed by atoms with van der Waals surface area (Å²) < 4.78 is 31.9. The highest BCUT2D eigenvalue weighted by atomic mass is 79.9. The molecule has 3 aromatic carbocycles. The van der Waals surface area contributed by atoms with Crippen LogP contribution < -0.4 is 9.57 Å². The van der Waals surface area contributed by atoms with Crippen LogP contribution in [0.5, 0.6) is 5.75 Å². The molecule has 0 bridgehead atoms. The van der Waals surface area contributed by atoms with E-state index in [1.54, 1.807) is 24.3 Å². The van der Waals surface area contributed by atoms with E-state index >= 15 is 0 Å². The van der Waals surface area contributed by atoms with Crippen molar-refractivity contribution in [3.8, 4) is 5.75 Å². The molecule has 0 aliphatic heterocycles. The van der Waals surface area contributed by atoms with Gasteiger partial charge in [0.2, 0.25) is 0 Å². The minimum absolute atomic E-state index is 0.151. The number of benzene rings is 3. The van der Waals surface area contributed by atoms with E-state index in [-0.39, 0.29) is 4.90 Å². The SMILES string of the molecule is Cc1ccc(S(=O)(=O)N/N=C\c2cc(Br)c(OCc3ccc(Cl)cc3)c(Br)c2)cc1. The van der Waals surface area contributed by atoms with Gasteiger partial charge in [-0.05, 0) is 86.3 Å². The van der Waals surface area contributed by atoms with E-state index < -0.39 is 10.0 Å². The van der Waals surface area contributed by atoms with Crippen molar-refractivity contribution in [1.29, 1.82) is 0 Å². The number of hydrazone groups is 1. The number of ether oxygens (including phenoxy) is 1. The van der Waals surface area contributed by atoms with Gasteiger partial charge in [-0.15, -0.1) is 0 Å². The predicted molar refractivity (Wildman–Crippen MR) is 127 cm³/mol. The quantitative estimate of drug-likeness (QED) is 0.276. The number of rotatable bonds is 7. The van der Waals surface area contributed by atoms with Gasteiger partial charge in [-0.2, -0.15) is 13.5 Å². The van der Waals surface area contributed by atoms with Crippen molar-refractivity contribution in [2.24, 2.45) is 5.10 Å². The Labute approximate surface area is 197 Å². The molecule has 0 aliphatic rings. The third-order valence-electron chi connectivity index (χ3n) is 4.03. The molecule has 0 aliphatic carbocycles. The molecule has 3 aromatic rings. The summed E-state index contributed by atoms with van der Waals surface area (Å²) in [6.45, 7) is 2.26. The molecule has 3 rings (SSSR count).